The Bertz CT molecular complexity index is 1700. The van der Waals surface area contributed by atoms with Crippen LogP contribution in [-0.2, 0) is 16.0 Å². The molecule has 4 aromatic rings. The van der Waals surface area contributed by atoms with E-state index in [-0.39, 0.29) is 33.4 Å². The molecule has 0 aliphatic heterocycles. The van der Waals surface area contributed by atoms with Crippen LogP contribution in [0.25, 0.3) is 16.7 Å². The number of hydrogen-bond acceptors (Lipinski definition) is 7. The Kier molecular flexibility index (Phi) is 7.16. The van der Waals surface area contributed by atoms with Crippen molar-refractivity contribution in [3.05, 3.63) is 64.7 Å². The fraction of sp³-hybridized carbons (Fsp3) is 0.261. The molecule has 2 amide bonds. The summed E-state index contributed by atoms with van der Waals surface area (Å²) in [6.07, 6.45) is -1.17. The summed E-state index contributed by atoms with van der Waals surface area (Å²) in [6, 6.07) is 6.25. The van der Waals surface area contributed by atoms with Crippen LogP contribution < -0.4 is 10.6 Å². The lowest BCUT2D eigenvalue weighted by molar-refractivity contribution is -0.141. The average molecular weight is 584 g/mol. The summed E-state index contributed by atoms with van der Waals surface area (Å²) < 4.78 is 64.8. The Morgan fingerprint density at radius 3 is 2.51 bits per heavy atom. The third-order valence-electron chi connectivity index (χ3n) is 5.34. The molecule has 3 aromatic heterocycles. The van der Waals surface area contributed by atoms with Gasteiger partial charge in [0, 0.05) is 29.4 Å². The normalized spacial score (nSPS) is 12.5. The number of pyridine rings is 1. The van der Waals surface area contributed by atoms with Crippen molar-refractivity contribution >= 4 is 49.8 Å². The topological polar surface area (TPSA) is 152 Å². The smallest absolute Gasteiger partial charge is 0.346 e. The third-order valence-corrected chi connectivity index (χ3v) is 6.88. The van der Waals surface area contributed by atoms with E-state index in [4.69, 9.17) is 11.6 Å². The minimum atomic E-state index is -4.88. The molecule has 0 fully saturated rings. The summed E-state index contributed by atoms with van der Waals surface area (Å²) in [5.74, 6) is -2.41. The van der Waals surface area contributed by atoms with Gasteiger partial charge in [-0.15, -0.1) is 0 Å². The summed E-state index contributed by atoms with van der Waals surface area (Å²) in [5.41, 5.74) is -3.12. The lowest BCUT2D eigenvalue weighted by Gasteiger charge is -2.26. The Morgan fingerprint density at radius 2 is 1.87 bits per heavy atom. The molecule has 3 N–H and O–H groups in total. The first-order valence-electron chi connectivity index (χ1n) is 11.1. The van der Waals surface area contributed by atoms with Crippen LogP contribution in [0.15, 0.2) is 42.7 Å². The van der Waals surface area contributed by atoms with E-state index >= 15 is 0 Å². The maximum absolute atomic E-state index is 13.5. The number of anilines is 1. The number of nitrogens with zero attached hydrogens (tertiary/aromatic N) is 4. The molecule has 0 unspecified atom stereocenters. The number of benzene rings is 1. The first kappa shape index (κ1) is 28.0. The SMILES string of the molecule is CC(C)(CS(C)(=O)=O)NC(=O)c1c(NC(=O)c2cc(C(F)(F)F)nn2-c2ncccc2Cl)ccc2cn[nH]c12. The number of aromatic nitrogens is 5. The zero-order valence-electron chi connectivity index (χ0n) is 20.6. The van der Waals surface area contributed by atoms with E-state index in [2.05, 4.69) is 30.9 Å². The van der Waals surface area contributed by atoms with Crippen LogP contribution in [0, 0.1) is 0 Å². The number of nitrogens with one attached hydrogen (secondary N) is 3. The number of rotatable bonds is 7. The van der Waals surface area contributed by atoms with Gasteiger partial charge in [0.05, 0.1) is 33.7 Å². The Hall–Kier alpha value is -3.98. The number of carbonyl (C=O) groups excluding carboxylic acids is 2. The molecule has 4 rings (SSSR count). The monoisotopic (exact) mass is 583 g/mol. The number of alkyl halides is 3. The number of aromatic amines is 1. The second kappa shape index (κ2) is 9.96. The van der Waals surface area contributed by atoms with E-state index in [1.165, 1.54) is 50.5 Å². The van der Waals surface area contributed by atoms with Crippen LogP contribution >= 0.6 is 11.6 Å². The summed E-state index contributed by atoms with van der Waals surface area (Å²) in [7, 11) is -3.47. The van der Waals surface area contributed by atoms with Crippen molar-refractivity contribution in [1.82, 2.24) is 30.3 Å². The molecule has 206 valence electrons. The molecule has 0 radical (unpaired) electrons. The molecule has 0 atom stereocenters. The molecule has 16 heteroatoms. The number of fused-ring (bicyclic) bond motifs is 1. The summed E-state index contributed by atoms with van der Waals surface area (Å²) in [4.78, 5) is 30.6. The highest BCUT2D eigenvalue weighted by Crippen LogP contribution is 2.31. The number of H-pyrrole nitrogens is 1. The number of carbonyl (C=O) groups is 2. The van der Waals surface area contributed by atoms with E-state index in [0.29, 0.717) is 16.1 Å². The fourth-order valence-electron chi connectivity index (χ4n) is 3.98. The van der Waals surface area contributed by atoms with Crippen LogP contribution in [-0.4, -0.2) is 62.7 Å². The first-order chi connectivity index (χ1) is 18.1. The van der Waals surface area contributed by atoms with E-state index in [1.54, 1.807) is 0 Å². The summed E-state index contributed by atoms with van der Waals surface area (Å²) >= 11 is 6.10. The van der Waals surface area contributed by atoms with E-state index in [9.17, 15) is 31.2 Å². The Morgan fingerprint density at radius 1 is 1.15 bits per heavy atom. The van der Waals surface area contributed by atoms with Crippen molar-refractivity contribution in [3.8, 4) is 5.82 Å². The Balaban J connectivity index is 1.77. The summed E-state index contributed by atoms with van der Waals surface area (Å²) in [6.45, 7) is 3.01. The number of sulfone groups is 1. The number of amides is 2. The van der Waals surface area contributed by atoms with E-state index in [1.807, 2.05) is 0 Å². The zero-order valence-corrected chi connectivity index (χ0v) is 22.2. The van der Waals surface area contributed by atoms with Gasteiger partial charge in [0.1, 0.15) is 15.5 Å². The van der Waals surface area contributed by atoms with Crippen molar-refractivity contribution in [3.63, 3.8) is 0 Å². The highest BCUT2D eigenvalue weighted by molar-refractivity contribution is 7.90. The van der Waals surface area contributed by atoms with E-state index < -0.39 is 44.8 Å². The van der Waals surface area contributed by atoms with Gasteiger partial charge in [-0.3, -0.25) is 14.7 Å². The van der Waals surface area contributed by atoms with Crippen molar-refractivity contribution in [2.45, 2.75) is 25.6 Å². The zero-order chi connectivity index (χ0) is 28.8. The van der Waals surface area contributed by atoms with Gasteiger partial charge in [0.2, 0.25) is 0 Å². The highest BCUT2D eigenvalue weighted by Gasteiger charge is 2.37. The number of hydrogen-bond donors (Lipinski definition) is 3. The van der Waals surface area contributed by atoms with E-state index in [0.717, 1.165) is 6.26 Å². The summed E-state index contributed by atoms with van der Waals surface area (Å²) in [5, 5.41) is 15.5. The number of halogens is 4. The molecule has 0 aliphatic carbocycles. The predicted octanol–water partition coefficient (Wildman–Crippen LogP) is 3.62. The lowest BCUT2D eigenvalue weighted by Crippen LogP contribution is -2.48. The standard InChI is InChI=1S/C23H21ClF3N7O4S/c1-22(2,11-39(3,37)38)31-21(36)17-14(7-6-12-10-29-32-18(12)17)30-20(35)15-9-16(23(25,26)27)33-34(15)19-13(24)5-4-8-28-19/h4-10H,11H2,1-3H3,(H,29,32)(H,30,35)(H,31,36). The molecule has 0 aliphatic rings. The molecule has 0 spiro atoms. The second-order valence-corrected chi connectivity index (χ2v) is 11.9. The van der Waals surface area contributed by atoms with Gasteiger partial charge < -0.3 is 10.6 Å². The molecule has 0 saturated carbocycles. The quantitative estimate of drug-likeness (QED) is 0.300. The average Bonchev–Trinajstić information content (AvgIpc) is 3.44. The van der Waals surface area contributed by atoms with Gasteiger partial charge in [0.25, 0.3) is 11.8 Å². The molecule has 1 aromatic carbocycles. The first-order valence-corrected chi connectivity index (χ1v) is 13.6. The van der Waals surface area contributed by atoms with Crippen LogP contribution in [0.2, 0.25) is 5.02 Å². The molecular formula is C23H21ClF3N7O4S. The van der Waals surface area contributed by atoms with Crippen molar-refractivity contribution in [2.75, 3.05) is 17.3 Å². The highest BCUT2D eigenvalue weighted by atomic mass is 35.5. The van der Waals surface area contributed by atoms with Crippen LogP contribution in [0.4, 0.5) is 18.9 Å². The predicted molar refractivity (Wildman–Crippen MR) is 137 cm³/mol. The second-order valence-electron chi connectivity index (χ2n) is 9.32. The van der Waals surface area contributed by atoms with Gasteiger partial charge in [-0.05, 0) is 38.1 Å². The maximum Gasteiger partial charge on any atom is 0.435 e. The molecule has 3 heterocycles. The third kappa shape index (κ3) is 6.20. The minimum absolute atomic E-state index is 0.0598. The molecule has 39 heavy (non-hydrogen) atoms. The van der Waals surface area contributed by atoms with Crippen molar-refractivity contribution in [1.29, 1.82) is 0 Å². The lowest BCUT2D eigenvalue weighted by atomic mass is 10.0. The fourth-order valence-corrected chi connectivity index (χ4v) is 5.56. The molecular weight excluding hydrogens is 563 g/mol. The van der Waals surface area contributed by atoms with Gasteiger partial charge in [-0.1, -0.05) is 11.6 Å². The van der Waals surface area contributed by atoms with Gasteiger partial charge in [-0.25, -0.2) is 18.1 Å². The van der Waals surface area contributed by atoms with Crippen LogP contribution in [0.1, 0.15) is 40.4 Å². The largest absolute Gasteiger partial charge is 0.435 e. The molecule has 11 nitrogen and oxygen atoms in total. The minimum Gasteiger partial charge on any atom is -0.346 e. The maximum atomic E-state index is 13.5. The van der Waals surface area contributed by atoms with Crippen LogP contribution in [0.3, 0.4) is 0 Å². The van der Waals surface area contributed by atoms with Gasteiger partial charge >= 0.3 is 6.18 Å². The Labute approximate surface area is 224 Å². The van der Waals surface area contributed by atoms with Crippen molar-refractivity contribution in [2.24, 2.45) is 0 Å². The molecule has 0 saturated heterocycles. The van der Waals surface area contributed by atoms with Gasteiger partial charge in [-0.2, -0.15) is 23.4 Å². The van der Waals surface area contributed by atoms with Crippen molar-refractivity contribution < 1.29 is 31.2 Å². The molecule has 0 bridgehead atoms. The van der Waals surface area contributed by atoms with Gasteiger partial charge in [0.15, 0.2) is 11.5 Å². The van der Waals surface area contributed by atoms with Crippen LogP contribution in [0.5, 0.6) is 0 Å².